The second-order valence-corrected chi connectivity index (χ2v) is 18.5. The van der Waals surface area contributed by atoms with Crippen LogP contribution in [0.25, 0.3) is 10.9 Å². The Morgan fingerprint density at radius 1 is 1.04 bits per heavy atom. The third-order valence-electron chi connectivity index (χ3n) is 12.5. The van der Waals surface area contributed by atoms with Gasteiger partial charge in [0.15, 0.2) is 0 Å². The van der Waals surface area contributed by atoms with E-state index in [2.05, 4.69) is 15.4 Å². The summed E-state index contributed by atoms with van der Waals surface area (Å²) in [6.07, 6.45) is 9.76. The topological polar surface area (TPSA) is 176 Å². The Morgan fingerprint density at radius 3 is 2.59 bits per heavy atom. The summed E-state index contributed by atoms with van der Waals surface area (Å²) in [6, 6.07) is 5.60. The third-order valence-corrected chi connectivity index (χ3v) is 14.6. The number of hydrogen-bond acceptors (Lipinski definition) is 9. The first-order valence-electron chi connectivity index (χ1n) is 19.4. The van der Waals surface area contributed by atoms with Crippen LogP contribution < -0.4 is 20.1 Å². The van der Waals surface area contributed by atoms with E-state index in [4.69, 9.17) is 14.5 Å². The number of hydrogen-bond donors (Lipinski definition) is 3. The number of aromatic nitrogens is 1. The number of carbonyl (C=O) groups excluding carboxylic acids is 4. The van der Waals surface area contributed by atoms with E-state index in [-0.39, 0.29) is 31.3 Å². The maximum absolute atomic E-state index is 14.8. The van der Waals surface area contributed by atoms with Gasteiger partial charge in [0, 0.05) is 36.4 Å². The summed E-state index contributed by atoms with van der Waals surface area (Å²) in [7, 11) is -3.97. The quantitative estimate of drug-likeness (QED) is 0.396. The van der Waals surface area contributed by atoms with Crippen molar-refractivity contribution in [2.75, 3.05) is 32.8 Å². The molecule has 1 aromatic heterocycles. The molecule has 4 fully saturated rings. The molecule has 14 nitrogen and oxygen atoms in total. The molecule has 1 aromatic carbocycles. The first-order chi connectivity index (χ1) is 25.8. The minimum atomic E-state index is -3.97. The number of pyridine rings is 1. The maximum Gasteiger partial charge on any atom is 0.318 e. The lowest BCUT2D eigenvalue weighted by atomic mass is 9.87. The van der Waals surface area contributed by atoms with Crippen LogP contribution in [0.5, 0.6) is 5.75 Å². The average molecular weight is 763 g/mol. The largest absolute Gasteiger partial charge is 0.483 e. The van der Waals surface area contributed by atoms with E-state index in [1.165, 1.54) is 4.90 Å². The molecule has 5 atom stereocenters. The van der Waals surface area contributed by atoms with Crippen molar-refractivity contribution in [3.63, 3.8) is 0 Å². The highest BCUT2D eigenvalue weighted by molar-refractivity contribution is 7.91. The SMILES string of the molecule is Cc1nc2ccccc2c2c1O[C@]1(CC2)C[C@H]2C(=O)N[C@]3(C(=O)NS(=O)(=O)C4(C)CC4)C[C@H]3/C=C\CCCCC[C@H](NC(=O)N3CCOCC3)C(=O)N2C1. The molecular weight excluding hydrogens is 713 g/mol. The Bertz CT molecular complexity index is 2010. The predicted octanol–water partition coefficient (Wildman–Crippen LogP) is 3.01. The first-order valence-corrected chi connectivity index (χ1v) is 20.9. The van der Waals surface area contributed by atoms with Crippen LogP contribution >= 0.6 is 0 Å². The number of ether oxygens (including phenoxy) is 2. The number of fused-ring (bicyclic) bond motifs is 5. The number of benzene rings is 1. The van der Waals surface area contributed by atoms with Crippen molar-refractivity contribution in [3.8, 4) is 5.75 Å². The molecule has 5 amide bonds. The number of sulfonamides is 1. The van der Waals surface area contributed by atoms with Gasteiger partial charge in [-0.3, -0.25) is 19.1 Å². The summed E-state index contributed by atoms with van der Waals surface area (Å²) < 4.78 is 40.0. The Kier molecular flexibility index (Phi) is 9.39. The highest BCUT2D eigenvalue weighted by Gasteiger charge is 2.64. The van der Waals surface area contributed by atoms with Gasteiger partial charge in [-0.15, -0.1) is 0 Å². The number of nitrogens with zero attached hydrogens (tertiary/aromatic N) is 3. The molecule has 2 aliphatic carbocycles. The highest BCUT2D eigenvalue weighted by atomic mass is 32.2. The van der Waals surface area contributed by atoms with Crippen LogP contribution in [0.1, 0.15) is 82.4 Å². The Balaban J connectivity index is 1.13. The zero-order valence-electron chi connectivity index (χ0n) is 31.0. The van der Waals surface area contributed by atoms with Crippen LogP contribution in [-0.4, -0.2) is 108 Å². The minimum Gasteiger partial charge on any atom is -0.483 e. The van der Waals surface area contributed by atoms with Crippen molar-refractivity contribution >= 4 is 44.7 Å². The number of aryl methyl sites for hydroxylation is 2. The van der Waals surface area contributed by atoms with Crippen LogP contribution in [0.2, 0.25) is 0 Å². The lowest BCUT2D eigenvalue weighted by Gasteiger charge is -2.37. The van der Waals surface area contributed by atoms with Crippen LogP contribution in [0.4, 0.5) is 4.79 Å². The molecule has 8 rings (SSSR count). The van der Waals surface area contributed by atoms with E-state index in [0.29, 0.717) is 76.3 Å². The zero-order chi connectivity index (χ0) is 37.9. The molecule has 15 heteroatoms. The molecular formula is C39H50N6O8S. The van der Waals surface area contributed by atoms with E-state index < -0.39 is 55.7 Å². The maximum atomic E-state index is 14.8. The molecule has 2 saturated carbocycles. The molecule has 0 bridgehead atoms. The lowest BCUT2D eigenvalue weighted by molar-refractivity contribution is -0.141. The van der Waals surface area contributed by atoms with Crippen molar-refractivity contribution in [2.24, 2.45) is 5.92 Å². The van der Waals surface area contributed by atoms with Gasteiger partial charge in [0.2, 0.25) is 21.8 Å². The minimum absolute atomic E-state index is 0.0921. The van der Waals surface area contributed by atoms with Gasteiger partial charge in [0.25, 0.3) is 5.91 Å². The molecule has 0 unspecified atom stereocenters. The van der Waals surface area contributed by atoms with E-state index in [1.54, 1.807) is 11.8 Å². The van der Waals surface area contributed by atoms with Crippen molar-refractivity contribution in [2.45, 2.75) is 112 Å². The Morgan fingerprint density at radius 2 is 1.81 bits per heavy atom. The normalized spacial score (nSPS) is 31.5. The fourth-order valence-electron chi connectivity index (χ4n) is 8.65. The molecule has 290 valence electrons. The molecule has 5 heterocycles. The number of para-hydroxylation sites is 1. The van der Waals surface area contributed by atoms with Crippen molar-refractivity contribution < 1.29 is 37.1 Å². The van der Waals surface area contributed by atoms with Gasteiger partial charge in [-0.2, -0.15) is 0 Å². The summed E-state index contributed by atoms with van der Waals surface area (Å²) >= 11 is 0. The predicted molar refractivity (Wildman–Crippen MR) is 199 cm³/mol. The van der Waals surface area contributed by atoms with E-state index in [0.717, 1.165) is 35.7 Å². The Hall–Kier alpha value is -4.24. The van der Waals surface area contributed by atoms with Gasteiger partial charge >= 0.3 is 6.03 Å². The highest BCUT2D eigenvalue weighted by Crippen LogP contribution is 2.49. The number of allylic oxidation sites excluding steroid dienone is 1. The number of rotatable bonds is 4. The molecule has 2 saturated heterocycles. The van der Waals surface area contributed by atoms with Gasteiger partial charge in [0.05, 0.1) is 35.7 Å². The van der Waals surface area contributed by atoms with Crippen LogP contribution in [-0.2, 0) is 35.6 Å². The van der Waals surface area contributed by atoms with Gasteiger partial charge in [-0.05, 0) is 71.3 Å². The Labute approximate surface area is 315 Å². The second kappa shape index (κ2) is 13.8. The van der Waals surface area contributed by atoms with E-state index >= 15 is 0 Å². The second-order valence-electron chi connectivity index (χ2n) is 16.3. The molecule has 2 aromatic rings. The van der Waals surface area contributed by atoms with E-state index in [1.807, 2.05) is 43.3 Å². The van der Waals surface area contributed by atoms with Crippen LogP contribution in [0, 0.1) is 12.8 Å². The number of nitrogens with one attached hydrogen (secondary N) is 3. The number of amides is 5. The van der Waals surface area contributed by atoms with Crippen LogP contribution in [0.3, 0.4) is 0 Å². The van der Waals surface area contributed by atoms with Crippen molar-refractivity contribution in [1.82, 2.24) is 30.1 Å². The average Bonchev–Trinajstić information content (AvgIpc) is 4.05. The molecule has 3 N–H and O–H groups in total. The fourth-order valence-corrected chi connectivity index (χ4v) is 9.96. The summed E-state index contributed by atoms with van der Waals surface area (Å²) in [4.78, 5) is 64.9. The fraction of sp³-hybridized carbons (Fsp3) is 0.615. The van der Waals surface area contributed by atoms with E-state index in [9.17, 15) is 27.6 Å². The smallest absolute Gasteiger partial charge is 0.318 e. The number of carbonyl (C=O) groups is 4. The monoisotopic (exact) mass is 762 g/mol. The van der Waals surface area contributed by atoms with Crippen LogP contribution in [0.15, 0.2) is 36.4 Å². The summed E-state index contributed by atoms with van der Waals surface area (Å²) in [5, 5.41) is 6.96. The van der Waals surface area contributed by atoms with Crippen molar-refractivity contribution in [3.05, 3.63) is 47.7 Å². The number of morpholine rings is 1. The molecule has 0 radical (unpaired) electrons. The van der Waals surface area contributed by atoms with Crippen molar-refractivity contribution in [1.29, 1.82) is 0 Å². The van der Waals surface area contributed by atoms with Gasteiger partial charge < -0.3 is 29.9 Å². The summed E-state index contributed by atoms with van der Waals surface area (Å²) in [5.41, 5.74) is 0.197. The van der Waals surface area contributed by atoms with Gasteiger partial charge in [-0.25, -0.2) is 18.2 Å². The lowest BCUT2D eigenvalue weighted by Crippen LogP contribution is -2.59. The standard InChI is InChI=1S/C39H50N6O8S/c1-25-32-28(27-11-8-9-12-29(27)40-25)14-15-38(53-32)23-31-33(46)42-39(35(48)43-54(50,51)37(2)16-17-37)22-26(39)10-6-4-3-5-7-13-30(34(47)45(31)24-38)41-36(49)44-18-20-52-21-19-44/h6,8-12,26,30-31H,3-5,7,13-24H2,1-2H3,(H,41,49)(H,42,46)(H,43,48)/b10-6-/t26-,30+,31+,38-,39-/m1/s1. The van der Waals surface area contributed by atoms with Gasteiger partial charge in [-0.1, -0.05) is 43.2 Å². The molecule has 1 spiro atoms. The molecule has 54 heavy (non-hydrogen) atoms. The summed E-state index contributed by atoms with van der Waals surface area (Å²) in [5.74, 6) is -1.47. The zero-order valence-corrected chi connectivity index (χ0v) is 31.8. The molecule has 6 aliphatic rings. The number of urea groups is 1. The first kappa shape index (κ1) is 36.7. The molecule has 4 aliphatic heterocycles. The third kappa shape index (κ3) is 6.71. The van der Waals surface area contributed by atoms with Gasteiger partial charge in [0.1, 0.15) is 29.0 Å². The summed E-state index contributed by atoms with van der Waals surface area (Å²) in [6.45, 7) is 5.24.